The minimum absolute atomic E-state index is 0.0674. The second-order valence-corrected chi connectivity index (χ2v) is 4.82. The second-order valence-electron chi connectivity index (χ2n) is 4.82. The Balaban J connectivity index is 2.37. The van der Waals surface area contributed by atoms with Crippen molar-refractivity contribution in [1.29, 1.82) is 0 Å². The molecule has 0 aromatic rings. The van der Waals surface area contributed by atoms with Gasteiger partial charge in [-0.05, 0) is 19.9 Å². The van der Waals surface area contributed by atoms with Crippen LogP contribution in [0.25, 0.3) is 0 Å². The molecule has 0 aromatic heterocycles. The Morgan fingerprint density at radius 1 is 1.39 bits per heavy atom. The predicted molar refractivity (Wildman–Crippen MR) is 65.3 cm³/mol. The van der Waals surface area contributed by atoms with Crippen molar-refractivity contribution in [2.75, 3.05) is 32.7 Å². The molecule has 0 spiro atoms. The molecular formula is C11H21N3O4. The summed E-state index contributed by atoms with van der Waals surface area (Å²) in [5.41, 5.74) is -1.43. The Morgan fingerprint density at radius 2 is 2.11 bits per heavy atom. The zero-order valence-electron chi connectivity index (χ0n) is 10.6. The van der Waals surface area contributed by atoms with Gasteiger partial charge in [0.05, 0.1) is 12.0 Å². The SMILES string of the molecule is CC(O)(CNC(=O)N1CCCNCC1)CC(=O)O. The topological polar surface area (TPSA) is 102 Å². The third-order valence-corrected chi connectivity index (χ3v) is 2.78. The Bertz CT molecular complexity index is 299. The minimum atomic E-state index is -1.43. The molecule has 1 fully saturated rings. The van der Waals surface area contributed by atoms with Crippen LogP contribution in [0.1, 0.15) is 19.8 Å². The maximum Gasteiger partial charge on any atom is 0.317 e. The fraction of sp³-hybridized carbons (Fsp3) is 0.818. The minimum Gasteiger partial charge on any atom is -0.481 e. The van der Waals surface area contributed by atoms with Gasteiger partial charge in [0.2, 0.25) is 0 Å². The molecule has 18 heavy (non-hydrogen) atoms. The van der Waals surface area contributed by atoms with Gasteiger partial charge in [0.15, 0.2) is 0 Å². The first-order valence-electron chi connectivity index (χ1n) is 6.08. The lowest BCUT2D eigenvalue weighted by Gasteiger charge is -2.25. The molecule has 4 N–H and O–H groups in total. The summed E-state index contributed by atoms with van der Waals surface area (Å²) >= 11 is 0. The van der Waals surface area contributed by atoms with E-state index in [2.05, 4.69) is 10.6 Å². The first-order valence-corrected chi connectivity index (χ1v) is 6.08. The number of nitrogens with zero attached hydrogens (tertiary/aromatic N) is 1. The van der Waals surface area contributed by atoms with E-state index in [0.717, 1.165) is 19.5 Å². The zero-order valence-corrected chi connectivity index (χ0v) is 10.6. The van der Waals surface area contributed by atoms with Crippen molar-refractivity contribution >= 4 is 12.0 Å². The Labute approximate surface area is 106 Å². The van der Waals surface area contributed by atoms with Gasteiger partial charge in [-0.1, -0.05) is 0 Å². The molecule has 0 aromatic carbocycles. The van der Waals surface area contributed by atoms with Gasteiger partial charge < -0.3 is 25.7 Å². The molecule has 1 aliphatic heterocycles. The first kappa shape index (κ1) is 14.7. The number of urea groups is 1. The molecule has 104 valence electrons. The van der Waals surface area contributed by atoms with E-state index in [1.807, 2.05) is 0 Å². The number of carbonyl (C=O) groups is 2. The summed E-state index contributed by atoms with van der Waals surface area (Å²) in [5.74, 6) is -1.09. The van der Waals surface area contributed by atoms with Crippen molar-refractivity contribution < 1.29 is 19.8 Å². The molecule has 1 heterocycles. The van der Waals surface area contributed by atoms with E-state index in [1.54, 1.807) is 4.90 Å². The zero-order chi connectivity index (χ0) is 13.6. The molecule has 0 bridgehead atoms. The maximum atomic E-state index is 11.8. The highest BCUT2D eigenvalue weighted by atomic mass is 16.4. The number of aliphatic hydroxyl groups is 1. The van der Waals surface area contributed by atoms with Crippen LogP contribution in [0.5, 0.6) is 0 Å². The number of hydrogen-bond donors (Lipinski definition) is 4. The maximum absolute atomic E-state index is 11.8. The van der Waals surface area contributed by atoms with Gasteiger partial charge >= 0.3 is 12.0 Å². The lowest BCUT2D eigenvalue weighted by atomic mass is 10.0. The van der Waals surface area contributed by atoms with Gasteiger partial charge in [0, 0.05) is 26.2 Å². The van der Waals surface area contributed by atoms with E-state index >= 15 is 0 Å². The summed E-state index contributed by atoms with van der Waals surface area (Å²) < 4.78 is 0. The summed E-state index contributed by atoms with van der Waals surface area (Å²) in [6.45, 7) is 4.25. The fourth-order valence-corrected chi connectivity index (χ4v) is 1.81. The Hall–Kier alpha value is -1.34. The quantitative estimate of drug-likeness (QED) is 0.530. The monoisotopic (exact) mass is 259 g/mol. The molecule has 1 atom stereocenters. The van der Waals surface area contributed by atoms with Crippen LogP contribution in [-0.2, 0) is 4.79 Å². The summed E-state index contributed by atoms with van der Waals surface area (Å²) in [6, 6.07) is -0.260. The Morgan fingerprint density at radius 3 is 2.78 bits per heavy atom. The third kappa shape index (κ3) is 5.33. The van der Waals surface area contributed by atoms with E-state index in [1.165, 1.54) is 6.92 Å². The van der Waals surface area contributed by atoms with Crippen molar-refractivity contribution in [1.82, 2.24) is 15.5 Å². The molecule has 1 saturated heterocycles. The van der Waals surface area contributed by atoms with E-state index in [4.69, 9.17) is 5.11 Å². The summed E-state index contributed by atoms with van der Waals surface area (Å²) in [4.78, 5) is 24.0. The lowest BCUT2D eigenvalue weighted by Crippen LogP contribution is -2.48. The van der Waals surface area contributed by atoms with Crippen LogP contribution in [0.3, 0.4) is 0 Å². The normalized spacial score (nSPS) is 19.8. The van der Waals surface area contributed by atoms with Crippen molar-refractivity contribution in [3.8, 4) is 0 Å². The fourth-order valence-electron chi connectivity index (χ4n) is 1.81. The van der Waals surface area contributed by atoms with Crippen LogP contribution in [0.4, 0.5) is 4.79 Å². The molecule has 1 aliphatic rings. The average Bonchev–Trinajstić information content (AvgIpc) is 2.52. The van der Waals surface area contributed by atoms with Crippen LogP contribution in [0.2, 0.25) is 0 Å². The summed E-state index contributed by atoms with van der Waals surface area (Å²) in [6.07, 6.45) is 0.494. The molecule has 1 rings (SSSR count). The number of carboxylic acids is 1. The van der Waals surface area contributed by atoms with E-state index < -0.39 is 18.0 Å². The molecule has 7 heteroatoms. The number of carbonyl (C=O) groups excluding carboxylic acids is 1. The van der Waals surface area contributed by atoms with E-state index in [0.29, 0.717) is 13.1 Å². The number of amides is 2. The highest BCUT2D eigenvalue weighted by molar-refractivity contribution is 5.74. The average molecular weight is 259 g/mol. The third-order valence-electron chi connectivity index (χ3n) is 2.78. The Kier molecular flexibility index (Phi) is 5.36. The molecule has 0 aliphatic carbocycles. The molecule has 0 saturated carbocycles. The van der Waals surface area contributed by atoms with E-state index in [-0.39, 0.29) is 12.6 Å². The van der Waals surface area contributed by atoms with Gasteiger partial charge in [-0.2, -0.15) is 0 Å². The van der Waals surface area contributed by atoms with Gasteiger partial charge in [-0.3, -0.25) is 4.79 Å². The van der Waals surface area contributed by atoms with Gasteiger partial charge in [-0.25, -0.2) is 4.79 Å². The molecule has 1 unspecified atom stereocenters. The standard InChI is InChI=1S/C11H21N3O4/c1-11(18,7-9(15)16)8-13-10(17)14-5-2-3-12-4-6-14/h12,18H,2-8H2,1H3,(H,13,17)(H,15,16). The molecule has 2 amide bonds. The van der Waals surface area contributed by atoms with Gasteiger partial charge in [0.1, 0.15) is 0 Å². The van der Waals surface area contributed by atoms with Crippen LogP contribution in [-0.4, -0.2) is 65.4 Å². The number of hydrogen-bond acceptors (Lipinski definition) is 4. The highest BCUT2D eigenvalue weighted by Gasteiger charge is 2.26. The lowest BCUT2D eigenvalue weighted by molar-refractivity contribution is -0.141. The molecule has 7 nitrogen and oxygen atoms in total. The largest absolute Gasteiger partial charge is 0.481 e. The van der Waals surface area contributed by atoms with Crippen LogP contribution in [0.15, 0.2) is 0 Å². The predicted octanol–water partition coefficient (Wildman–Crippen LogP) is -0.783. The van der Waals surface area contributed by atoms with Crippen molar-refractivity contribution in [2.45, 2.75) is 25.4 Å². The number of carboxylic acid groups (broad SMARTS) is 1. The van der Waals surface area contributed by atoms with Crippen LogP contribution >= 0.6 is 0 Å². The van der Waals surface area contributed by atoms with Gasteiger partial charge in [0.25, 0.3) is 0 Å². The molecule has 0 radical (unpaired) electrons. The van der Waals surface area contributed by atoms with Gasteiger partial charge in [-0.15, -0.1) is 0 Å². The first-order chi connectivity index (χ1) is 8.41. The number of rotatable bonds is 4. The highest BCUT2D eigenvalue weighted by Crippen LogP contribution is 2.07. The van der Waals surface area contributed by atoms with Crippen LogP contribution in [0, 0.1) is 0 Å². The molecular weight excluding hydrogens is 238 g/mol. The van der Waals surface area contributed by atoms with Crippen molar-refractivity contribution in [3.63, 3.8) is 0 Å². The van der Waals surface area contributed by atoms with Crippen molar-refractivity contribution in [3.05, 3.63) is 0 Å². The van der Waals surface area contributed by atoms with Crippen LogP contribution < -0.4 is 10.6 Å². The van der Waals surface area contributed by atoms with E-state index in [9.17, 15) is 14.7 Å². The number of aliphatic carboxylic acids is 1. The summed E-state index contributed by atoms with van der Waals surface area (Å²) in [7, 11) is 0. The van der Waals surface area contributed by atoms with Crippen molar-refractivity contribution in [2.24, 2.45) is 0 Å². The number of nitrogens with one attached hydrogen (secondary N) is 2. The smallest absolute Gasteiger partial charge is 0.317 e. The second kappa shape index (κ2) is 6.55. The summed E-state index contributed by atoms with van der Waals surface area (Å²) in [5, 5.41) is 24.1.